The van der Waals surface area contributed by atoms with Crippen LogP contribution in [-0.2, 0) is 11.3 Å². The molecule has 2 aromatic rings. The van der Waals surface area contributed by atoms with Crippen molar-refractivity contribution in [3.8, 4) is 0 Å². The first-order chi connectivity index (χ1) is 7.69. The molecule has 1 aromatic carbocycles. The molecule has 0 bridgehead atoms. The summed E-state index contributed by atoms with van der Waals surface area (Å²) < 4.78 is 7.29. The van der Waals surface area contributed by atoms with Crippen molar-refractivity contribution in [3.63, 3.8) is 0 Å². The van der Waals surface area contributed by atoms with Crippen LogP contribution >= 0.6 is 15.9 Å². The molecule has 84 valence electrons. The second-order valence-electron chi connectivity index (χ2n) is 3.29. The summed E-state index contributed by atoms with van der Waals surface area (Å²) >= 11 is 3.43. The number of fused-ring (bicyclic) bond motifs is 1. The minimum absolute atomic E-state index is 0.365. The average Bonchev–Trinajstić information content (AvgIpc) is 2.68. The molecule has 0 saturated carbocycles. The molecule has 0 radical (unpaired) electrons. The largest absolute Gasteiger partial charge is 0.464 e. The van der Waals surface area contributed by atoms with Crippen molar-refractivity contribution in [1.29, 1.82) is 0 Å². The van der Waals surface area contributed by atoms with E-state index in [1.807, 2.05) is 25.1 Å². The molecule has 0 fully saturated rings. The van der Waals surface area contributed by atoms with Crippen molar-refractivity contribution >= 4 is 32.8 Å². The van der Waals surface area contributed by atoms with E-state index in [0.29, 0.717) is 12.2 Å². The van der Waals surface area contributed by atoms with E-state index in [1.165, 1.54) is 7.11 Å². The first kappa shape index (κ1) is 11.1. The van der Waals surface area contributed by atoms with Gasteiger partial charge in [0, 0.05) is 16.4 Å². The van der Waals surface area contributed by atoms with Gasteiger partial charge in [0.2, 0.25) is 0 Å². The molecule has 0 spiro atoms. The maximum absolute atomic E-state index is 11.7. The van der Waals surface area contributed by atoms with Crippen LogP contribution in [0.5, 0.6) is 0 Å². The van der Waals surface area contributed by atoms with Crippen LogP contribution in [0.3, 0.4) is 0 Å². The number of ether oxygens (including phenoxy) is 1. The van der Waals surface area contributed by atoms with E-state index in [9.17, 15) is 4.79 Å². The van der Waals surface area contributed by atoms with Gasteiger partial charge in [-0.1, -0.05) is 22.0 Å². The number of halogens is 1. The van der Waals surface area contributed by atoms with Gasteiger partial charge in [-0.05, 0) is 19.1 Å². The third-order valence-electron chi connectivity index (χ3n) is 2.39. The van der Waals surface area contributed by atoms with E-state index in [4.69, 9.17) is 4.74 Å². The highest BCUT2D eigenvalue weighted by Crippen LogP contribution is 2.27. The number of carbonyl (C=O) groups is 1. The smallest absolute Gasteiger partial charge is 0.357 e. The van der Waals surface area contributed by atoms with Crippen LogP contribution in [0, 0.1) is 0 Å². The Bertz CT molecular complexity index is 548. The molecule has 1 aromatic heterocycles. The zero-order chi connectivity index (χ0) is 11.7. The summed E-state index contributed by atoms with van der Waals surface area (Å²) in [6.45, 7) is 2.57. The van der Waals surface area contributed by atoms with E-state index < -0.39 is 0 Å². The summed E-state index contributed by atoms with van der Waals surface area (Å²) in [5.41, 5.74) is 1.28. The molecule has 5 heteroatoms. The topological polar surface area (TPSA) is 44.1 Å². The van der Waals surface area contributed by atoms with Crippen LogP contribution in [-0.4, -0.2) is 22.9 Å². The molecule has 16 heavy (non-hydrogen) atoms. The number of aryl methyl sites for hydroxylation is 1. The first-order valence-electron chi connectivity index (χ1n) is 4.92. The summed E-state index contributed by atoms with van der Waals surface area (Å²) in [6.07, 6.45) is 0. The molecule has 4 nitrogen and oxygen atoms in total. The first-order valence-corrected chi connectivity index (χ1v) is 5.71. The molecular formula is C11H11BrN2O2. The fourth-order valence-corrected chi connectivity index (χ4v) is 2.22. The highest BCUT2D eigenvalue weighted by molar-refractivity contribution is 9.10. The van der Waals surface area contributed by atoms with Crippen molar-refractivity contribution in [2.24, 2.45) is 0 Å². The summed E-state index contributed by atoms with van der Waals surface area (Å²) in [6, 6.07) is 5.65. The second kappa shape index (κ2) is 4.25. The van der Waals surface area contributed by atoms with Gasteiger partial charge in [0.15, 0.2) is 5.69 Å². The fourth-order valence-electron chi connectivity index (χ4n) is 1.67. The third-order valence-corrected chi connectivity index (χ3v) is 3.05. The van der Waals surface area contributed by atoms with Crippen LogP contribution in [0.4, 0.5) is 0 Å². The Morgan fingerprint density at radius 1 is 1.56 bits per heavy atom. The Kier molecular flexibility index (Phi) is 2.96. The maximum atomic E-state index is 11.7. The van der Waals surface area contributed by atoms with Gasteiger partial charge < -0.3 is 4.74 Å². The third kappa shape index (κ3) is 1.61. The number of carbonyl (C=O) groups excluding carboxylic acids is 1. The summed E-state index contributed by atoms with van der Waals surface area (Å²) in [7, 11) is 1.37. The van der Waals surface area contributed by atoms with E-state index in [-0.39, 0.29) is 5.97 Å². The molecular weight excluding hydrogens is 272 g/mol. The number of methoxy groups -OCH3 is 1. The zero-order valence-corrected chi connectivity index (χ0v) is 10.6. The van der Waals surface area contributed by atoms with E-state index >= 15 is 0 Å². The molecule has 0 aliphatic carbocycles. The summed E-state index contributed by atoms with van der Waals surface area (Å²) in [4.78, 5) is 11.7. The predicted octanol–water partition coefficient (Wildman–Crippen LogP) is 2.61. The fraction of sp³-hybridized carbons (Fsp3) is 0.273. The number of hydrogen-bond acceptors (Lipinski definition) is 3. The zero-order valence-electron chi connectivity index (χ0n) is 9.03. The second-order valence-corrected chi connectivity index (χ2v) is 4.14. The average molecular weight is 283 g/mol. The normalized spacial score (nSPS) is 10.7. The van der Waals surface area contributed by atoms with Gasteiger partial charge in [-0.25, -0.2) is 4.79 Å². The van der Waals surface area contributed by atoms with Crippen molar-refractivity contribution in [2.75, 3.05) is 7.11 Å². The van der Waals surface area contributed by atoms with E-state index in [1.54, 1.807) is 4.68 Å². The van der Waals surface area contributed by atoms with Gasteiger partial charge in [0.05, 0.1) is 12.6 Å². The standard InChI is InChI=1S/C11H11BrN2O2/c1-3-14-10(11(15)16-2)9-7(12)5-4-6-8(9)13-14/h4-6H,3H2,1-2H3. The minimum Gasteiger partial charge on any atom is -0.464 e. The van der Waals surface area contributed by atoms with Gasteiger partial charge in [-0.2, -0.15) is 5.10 Å². The van der Waals surface area contributed by atoms with Gasteiger partial charge in [-0.3, -0.25) is 4.68 Å². The predicted molar refractivity (Wildman–Crippen MR) is 64.4 cm³/mol. The van der Waals surface area contributed by atoms with Gasteiger partial charge in [0.1, 0.15) is 0 Å². The minimum atomic E-state index is -0.365. The van der Waals surface area contributed by atoms with Crippen LogP contribution in [0.15, 0.2) is 22.7 Å². The lowest BCUT2D eigenvalue weighted by Gasteiger charge is -2.02. The summed E-state index contributed by atoms with van der Waals surface area (Å²) in [5, 5.41) is 5.15. The number of benzene rings is 1. The molecule has 0 aliphatic heterocycles. The number of nitrogens with zero attached hydrogens (tertiary/aromatic N) is 2. The molecule has 0 unspecified atom stereocenters. The molecule has 2 rings (SSSR count). The number of aromatic nitrogens is 2. The van der Waals surface area contributed by atoms with Crippen molar-refractivity contribution < 1.29 is 9.53 Å². The van der Waals surface area contributed by atoms with Crippen LogP contribution in [0.2, 0.25) is 0 Å². The number of hydrogen-bond donors (Lipinski definition) is 0. The van der Waals surface area contributed by atoms with Crippen molar-refractivity contribution in [2.45, 2.75) is 13.5 Å². The molecule has 0 N–H and O–H groups in total. The Labute approximate surface area is 101 Å². The van der Waals surface area contributed by atoms with E-state index in [0.717, 1.165) is 15.4 Å². The van der Waals surface area contributed by atoms with Crippen LogP contribution < -0.4 is 0 Å². The van der Waals surface area contributed by atoms with Crippen molar-refractivity contribution in [3.05, 3.63) is 28.4 Å². The molecule has 1 heterocycles. The lowest BCUT2D eigenvalue weighted by Crippen LogP contribution is -2.11. The van der Waals surface area contributed by atoms with Crippen LogP contribution in [0.1, 0.15) is 17.4 Å². The molecule has 0 amide bonds. The lowest BCUT2D eigenvalue weighted by molar-refractivity contribution is 0.0589. The van der Waals surface area contributed by atoms with Gasteiger partial charge >= 0.3 is 5.97 Å². The monoisotopic (exact) mass is 282 g/mol. The number of esters is 1. The summed E-state index contributed by atoms with van der Waals surface area (Å²) in [5.74, 6) is -0.365. The Morgan fingerprint density at radius 3 is 2.94 bits per heavy atom. The molecule has 0 atom stereocenters. The van der Waals surface area contributed by atoms with Gasteiger partial charge in [0.25, 0.3) is 0 Å². The SMILES string of the molecule is CCn1nc2cccc(Br)c2c1C(=O)OC. The maximum Gasteiger partial charge on any atom is 0.357 e. The van der Waals surface area contributed by atoms with E-state index in [2.05, 4.69) is 21.0 Å². The highest BCUT2D eigenvalue weighted by atomic mass is 79.9. The highest BCUT2D eigenvalue weighted by Gasteiger charge is 2.19. The molecule has 0 aliphatic rings. The van der Waals surface area contributed by atoms with Crippen LogP contribution in [0.25, 0.3) is 10.9 Å². The number of rotatable bonds is 2. The van der Waals surface area contributed by atoms with Crippen molar-refractivity contribution in [1.82, 2.24) is 9.78 Å². The van der Waals surface area contributed by atoms with Gasteiger partial charge in [-0.15, -0.1) is 0 Å². The Morgan fingerprint density at radius 2 is 2.31 bits per heavy atom. The molecule has 0 saturated heterocycles. The lowest BCUT2D eigenvalue weighted by atomic mass is 10.2. The quantitative estimate of drug-likeness (QED) is 0.796. The Balaban J connectivity index is 2.81. The Hall–Kier alpha value is -1.36.